The second kappa shape index (κ2) is 5.77. The first-order valence-electron chi connectivity index (χ1n) is 5.22. The summed E-state index contributed by atoms with van der Waals surface area (Å²) in [6.07, 6.45) is 0. The highest BCUT2D eigenvalue weighted by Crippen LogP contribution is 2.18. The molecule has 2 amide bonds. The predicted octanol–water partition coefficient (Wildman–Crippen LogP) is 2.40. The molecule has 1 aromatic heterocycles. The number of carbonyl (C=O) groups excluding carboxylic acids is 2. The summed E-state index contributed by atoms with van der Waals surface area (Å²) in [5.74, 6) is -0.580. The van der Waals surface area contributed by atoms with E-state index in [-0.39, 0.29) is 15.4 Å². The Morgan fingerprint density at radius 1 is 1.21 bits per heavy atom. The maximum Gasteiger partial charge on any atom is 0.286 e. The van der Waals surface area contributed by atoms with Crippen LogP contribution in [-0.4, -0.2) is 22.0 Å². The Bertz CT molecular complexity index is 629. The molecule has 19 heavy (non-hydrogen) atoms. The number of nitrogens with zero attached hydrogens (tertiary/aromatic N) is 2. The van der Waals surface area contributed by atoms with E-state index in [2.05, 4.69) is 20.8 Å². The van der Waals surface area contributed by atoms with Crippen molar-refractivity contribution >= 4 is 46.1 Å². The highest BCUT2D eigenvalue weighted by molar-refractivity contribution is 7.17. The molecule has 0 saturated carbocycles. The summed E-state index contributed by atoms with van der Waals surface area (Å²) in [7, 11) is 0. The smallest absolute Gasteiger partial charge is 0.286 e. The molecule has 1 heterocycles. The van der Waals surface area contributed by atoms with Gasteiger partial charge in [-0.05, 0) is 29.8 Å². The maximum atomic E-state index is 11.8. The quantitative estimate of drug-likeness (QED) is 0.911. The lowest BCUT2D eigenvalue weighted by atomic mass is 10.2. The Balaban J connectivity index is 2.10. The van der Waals surface area contributed by atoms with Gasteiger partial charge in [-0.3, -0.25) is 9.59 Å². The first kappa shape index (κ1) is 13.4. The van der Waals surface area contributed by atoms with E-state index in [1.807, 2.05) is 0 Å². The molecule has 0 aliphatic carbocycles. The molecule has 0 spiro atoms. The monoisotopic (exact) mass is 296 g/mol. The van der Waals surface area contributed by atoms with Crippen molar-refractivity contribution in [1.82, 2.24) is 10.2 Å². The number of hydrogen-bond acceptors (Lipinski definition) is 5. The molecule has 98 valence electrons. The standard InChI is InChI=1S/C11H9ClN4O2S/c1-6(17)13-7-3-2-4-8(5-7)14-9(18)10-15-16-11(12)19-10/h2-5H,1H3,(H,13,17)(H,14,18). The van der Waals surface area contributed by atoms with Gasteiger partial charge in [-0.1, -0.05) is 17.4 Å². The van der Waals surface area contributed by atoms with Crippen LogP contribution in [0.3, 0.4) is 0 Å². The van der Waals surface area contributed by atoms with Gasteiger partial charge >= 0.3 is 0 Å². The lowest BCUT2D eigenvalue weighted by molar-refractivity contribution is -0.114. The molecule has 6 nitrogen and oxygen atoms in total. The van der Waals surface area contributed by atoms with Crippen molar-refractivity contribution < 1.29 is 9.59 Å². The van der Waals surface area contributed by atoms with E-state index in [9.17, 15) is 9.59 Å². The fourth-order valence-electron chi connectivity index (χ4n) is 1.36. The number of carbonyl (C=O) groups is 2. The van der Waals surface area contributed by atoms with Gasteiger partial charge in [0.1, 0.15) is 0 Å². The molecule has 0 fully saturated rings. The van der Waals surface area contributed by atoms with Crippen LogP contribution in [0.15, 0.2) is 24.3 Å². The van der Waals surface area contributed by atoms with Gasteiger partial charge in [0.05, 0.1) is 0 Å². The van der Waals surface area contributed by atoms with Gasteiger partial charge in [0.2, 0.25) is 15.4 Å². The van der Waals surface area contributed by atoms with Crippen molar-refractivity contribution in [1.29, 1.82) is 0 Å². The molecule has 2 N–H and O–H groups in total. The number of amides is 2. The first-order valence-corrected chi connectivity index (χ1v) is 6.42. The van der Waals surface area contributed by atoms with E-state index < -0.39 is 5.91 Å². The minimum absolute atomic E-state index is 0.176. The van der Waals surface area contributed by atoms with Crippen molar-refractivity contribution in [2.24, 2.45) is 0 Å². The summed E-state index contributed by atoms with van der Waals surface area (Å²) in [6.45, 7) is 1.41. The van der Waals surface area contributed by atoms with E-state index in [1.165, 1.54) is 6.92 Å². The molecule has 1 aromatic carbocycles. The molecule has 8 heteroatoms. The lowest BCUT2D eigenvalue weighted by Gasteiger charge is -2.06. The topological polar surface area (TPSA) is 84.0 Å². The van der Waals surface area contributed by atoms with Gasteiger partial charge in [-0.15, -0.1) is 10.2 Å². The zero-order valence-corrected chi connectivity index (χ0v) is 11.4. The van der Waals surface area contributed by atoms with Crippen LogP contribution in [0.5, 0.6) is 0 Å². The third-order valence-electron chi connectivity index (χ3n) is 2.04. The average Bonchev–Trinajstić information content (AvgIpc) is 2.75. The van der Waals surface area contributed by atoms with Crippen LogP contribution in [-0.2, 0) is 4.79 Å². The van der Waals surface area contributed by atoms with Gasteiger partial charge in [0.25, 0.3) is 5.91 Å². The van der Waals surface area contributed by atoms with E-state index in [0.29, 0.717) is 11.4 Å². The van der Waals surface area contributed by atoms with Crippen LogP contribution < -0.4 is 10.6 Å². The van der Waals surface area contributed by atoms with E-state index in [4.69, 9.17) is 11.6 Å². The number of halogens is 1. The first-order chi connectivity index (χ1) is 9.04. The molecule has 0 aliphatic heterocycles. The SMILES string of the molecule is CC(=O)Nc1cccc(NC(=O)c2nnc(Cl)s2)c1. The molecular weight excluding hydrogens is 288 g/mol. The average molecular weight is 297 g/mol. The van der Waals surface area contributed by atoms with Gasteiger partial charge in [-0.2, -0.15) is 0 Å². The normalized spacial score (nSPS) is 10.0. The largest absolute Gasteiger partial charge is 0.326 e. The minimum atomic E-state index is -0.399. The highest BCUT2D eigenvalue weighted by Gasteiger charge is 2.12. The van der Waals surface area contributed by atoms with Gasteiger partial charge < -0.3 is 10.6 Å². The Labute approximate surface area is 117 Å². The van der Waals surface area contributed by atoms with Crippen LogP contribution >= 0.6 is 22.9 Å². The number of benzene rings is 1. The van der Waals surface area contributed by atoms with E-state index >= 15 is 0 Å². The summed E-state index contributed by atoms with van der Waals surface area (Å²) in [5.41, 5.74) is 1.14. The van der Waals surface area contributed by atoms with E-state index in [1.54, 1.807) is 24.3 Å². The Hall–Kier alpha value is -1.99. The molecule has 0 radical (unpaired) electrons. The summed E-state index contributed by atoms with van der Waals surface area (Å²) in [6, 6.07) is 6.78. The van der Waals surface area contributed by atoms with Crippen molar-refractivity contribution in [2.75, 3.05) is 10.6 Å². The number of anilines is 2. The number of nitrogens with one attached hydrogen (secondary N) is 2. The zero-order valence-electron chi connectivity index (χ0n) is 9.81. The van der Waals surface area contributed by atoms with Crippen molar-refractivity contribution in [3.05, 3.63) is 33.7 Å². The zero-order chi connectivity index (χ0) is 13.8. The summed E-state index contributed by atoms with van der Waals surface area (Å²) in [5, 5.41) is 12.6. The fourth-order valence-corrected chi connectivity index (χ4v) is 2.08. The third-order valence-corrected chi connectivity index (χ3v) is 3.05. The van der Waals surface area contributed by atoms with E-state index in [0.717, 1.165) is 11.3 Å². The fraction of sp³-hybridized carbons (Fsp3) is 0.0909. The van der Waals surface area contributed by atoms with Crippen LogP contribution in [0.2, 0.25) is 4.47 Å². The summed E-state index contributed by atoms with van der Waals surface area (Å²) < 4.78 is 0.206. The van der Waals surface area contributed by atoms with Crippen molar-refractivity contribution in [2.45, 2.75) is 6.92 Å². The van der Waals surface area contributed by atoms with Crippen LogP contribution in [0, 0.1) is 0 Å². The highest BCUT2D eigenvalue weighted by atomic mass is 35.5. The van der Waals surface area contributed by atoms with Crippen LogP contribution in [0.4, 0.5) is 11.4 Å². The Kier molecular flexibility index (Phi) is 4.08. The van der Waals surface area contributed by atoms with Crippen molar-refractivity contribution in [3.63, 3.8) is 0 Å². The predicted molar refractivity (Wildman–Crippen MR) is 73.6 cm³/mol. The molecule has 2 aromatic rings. The number of rotatable bonds is 3. The van der Waals surface area contributed by atoms with Crippen LogP contribution in [0.25, 0.3) is 0 Å². The second-order valence-corrected chi connectivity index (χ2v) is 5.14. The maximum absolute atomic E-state index is 11.8. The molecule has 0 saturated heterocycles. The van der Waals surface area contributed by atoms with Gasteiger partial charge in [0.15, 0.2) is 0 Å². The van der Waals surface area contributed by atoms with Crippen molar-refractivity contribution in [3.8, 4) is 0 Å². The Morgan fingerprint density at radius 3 is 2.47 bits per heavy atom. The molecular formula is C11H9ClN4O2S. The third kappa shape index (κ3) is 3.73. The molecule has 2 rings (SSSR count). The molecule has 0 aliphatic rings. The van der Waals surface area contributed by atoms with Gasteiger partial charge in [0, 0.05) is 18.3 Å². The van der Waals surface area contributed by atoms with Gasteiger partial charge in [-0.25, -0.2) is 0 Å². The summed E-state index contributed by atoms with van der Waals surface area (Å²) >= 11 is 6.60. The summed E-state index contributed by atoms with van der Waals surface area (Å²) in [4.78, 5) is 22.8. The lowest BCUT2D eigenvalue weighted by Crippen LogP contribution is -2.12. The molecule has 0 bridgehead atoms. The number of aromatic nitrogens is 2. The Morgan fingerprint density at radius 2 is 1.89 bits per heavy atom. The van der Waals surface area contributed by atoms with Crippen LogP contribution in [0.1, 0.15) is 16.7 Å². The molecule has 0 atom stereocenters. The second-order valence-electron chi connectivity index (χ2n) is 3.58. The minimum Gasteiger partial charge on any atom is -0.326 e. The number of hydrogen-bond donors (Lipinski definition) is 2. The molecule has 0 unspecified atom stereocenters.